The van der Waals surface area contributed by atoms with Crippen molar-refractivity contribution >= 4 is 16.6 Å². The van der Waals surface area contributed by atoms with Crippen molar-refractivity contribution in [3.63, 3.8) is 0 Å². The Morgan fingerprint density at radius 2 is 2.11 bits per heavy atom. The quantitative estimate of drug-likeness (QED) is 0.516. The lowest BCUT2D eigenvalue weighted by Crippen LogP contribution is -2.01. The highest BCUT2D eigenvalue weighted by molar-refractivity contribution is 5.87. The fourth-order valence-corrected chi connectivity index (χ4v) is 1.86. The van der Waals surface area contributed by atoms with Crippen molar-refractivity contribution in [2.75, 3.05) is 0 Å². The lowest BCUT2D eigenvalue weighted by molar-refractivity contribution is -0.384. The van der Waals surface area contributed by atoms with E-state index in [-0.39, 0.29) is 5.69 Å². The fourth-order valence-electron chi connectivity index (χ4n) is 1.86. The highest BCUT2D eigenvalue weighted by Crippen LogP contribution is 2.23. The van der Waals surface area contributed by atoms with Gasteiger partial charge >= 0.3 is 0 Å². The van der Waals surface area contributed by atoms with Crippen LogP contribution in [0.3, 0.4) is 0 Å². The summed E-state index contributed by atoms with van der Waals surface area (Å²) >= 11 is 0. The van der Waals surface area contributed by atoms with E-state index in [2.05, 4.69) is 15.1 Å². The van der Waals surface area contributed by atoms with E-state index in [9.17, 15) is 10.1 Å². The van der Waals surface area contributed by atoms with E-state index in [1.54, 1.807) is 16.9 Å². The lowest BCUT2D eigenvalue weighted by atomic mass is 10.2. The third-order valence-electron chi connectivity index (χ3n) is 2.75. The van der Waals surface area contributed by atoms with Gasteiger partial charge in [-0.05, 0) is 19.1 Å². The molecule has 2 heterocycles. The predicted octanol–water partition coefficient (Wildman–Crippen LogP) is 2.03. The van der Waals surface area contributed by atoms with Gasteiger partial charge in [0.25, 0.3) is 5.69 Å². The Morgan fingerprint density at radius 1 is 1.26 bits per heavy atom. The number of nitro groups is 1. The summed E-state index contributed by atoms with van der Waals surface area (Å²) in [5, 5.41) is 15.7. The van der Waals surface area contributed by atoms with Crippen LogP contribution in [0, 0.1) is 17.0 Å². The van der Waals surface area contributed by atoms with Gasteiger partial charge in [-0.3, -0.25) is 10.1 Å². The normalized spacial score (nSPS) is 10.8. The molecule has 0 fully saturated rings. The van der Waals surface area contributed by atoms with Gasteiger partial charge in [-0.2, -0.15) is 5.10 Å². The number of hydrogen-bond acceptors (Lipinski definition) is 5. The van der Waals surface area contributed by atoms with Crippen molar-refractivity contribution in [1.29, 1.82) is 0 Å². The summed E-state index contributed by atoms with van der Waals surface area (Å²) in [5.41, 5.74) is 1.49. The Hall–Kier alpha value is -2.83. The molecule has 19 heavy (non-hydrogen) atoms. The van der Waals surface area contributed by atoms with Crippen LogP contribution in [0.1, 0.15) is 5.69 Å². The van der Waals surface area contributed by atoms with Gasteiger partial charge in [0.15, 0.2) is 5.82 Å². The minimum atomic E-state index is -0.440. The van der Waals surface area contributed by atoms with Crippen LogP contribution in [0.4, 0.5) is 5.69 Å². The van der Waals surface area contributed by atoms with Gasteiger partial charge < -0.3 is 0 Å². The Bertz CT molecular complexity index is 781. The molecule has 0 saturated heterocycles. The van der Waals surface area contributed by atoms with Crippen LogP contribution in [-0.4, -0.2) is 24.7 Å². The second kappa shape index (κ2) is 4.13. The Kier molecular flexibility index (Phi) is 2.45. The molecule has 0 amide bonds. The predicted molar refractivity (Wildman–Crippen MR) is 68.1 cm³/mol. The smallest absolute Gasteiger partial charge is 0.258 e. The number of nitro benzene ring substituents is 1. The van der Waals surface area contributed by atoms with E-state index < -0.39 is 4.92 Å². The van der Waals surface area contributed by atoms with Crippen LogP contribution >= 0.6 is 0 Å². The van der Waals surface area contributed by atoms with E-state index in [0.717, 1.165) is 5.69 Å². The Morgan fingerprint density at radius 3 is 2.79 bits per heavy atom. The summed E-state index contributed by atoms with van der Waals surface area (Å²) < 4.78 is 1.59. The third kappa shape index (κ3) is 1.90. The maximum atomic E-state index is 10.8. The average Bonchev–Trinajstić information content (AvgIpc) is 2.84. The number of aromatic nitrogens is 4. The van der Waals surface area contributed by atoms with Gasteiger partial charge in [0, 0.05) is 18.3 Å². The Labute approximate surface area is 107 Å². The van der Waals surface area contributed by atoms with Crippen LogP contribution in [0.5, 0.6) is 0 Å². The van der Waals surface area contributed by atoms with Crippen LogP contribution in [0.25, 0.3) is 16.7 Å². The van der Waals surface area contributed by atoms with E-state index >= 15 is 0 Å². The van der Waals surface area contributed by atoms with Crippen LogP contribution in [-0.2, 0) is 0 Å². The van der Waals surface area contributed by atoms with Gasteiger partial charge in [0.2, 0.25) is 0 Å². The maximum absolute atomic E-state index is 10.8. The molecule has 0 atom stereocenters. The van der Waals surface area contributed by atoms with Gasteiger partial charge in [-0.25, -0.2) is 14.6 Å². The number of non-ortho nitro benzene ring substituents is 1. The molecule has 0 aliphatic heterocycles. The maximum Gasteiger partial charge on any atom is 0.270 e. The molecule has 0 spiro atoms. The molecule has 0 bridgehead atoms. The molecule has 0 aliphatic carbocycles. The second-order valence-electron chi connectivity index (χ2n) is 4.06. The summed E-state index contributed by atoms with van der Waals surface area (Å²) in [7, 11) is 0. The first-order valence-corrected chi connectivity index (χ1v) is 5.57. The number of benzene rings is 1. The molecular formula is C12H9N5O2. The lowest BCUT2D eigenvalue weighted by Gasteiger charge is -2.04. The largest absolute Gasteiger partial charge is 0.270 e. The van der Waals surface area contributed by atoms with Gasteiger partial charge in [0.1, 0.15) is 6.33 Å². The van der Waals surface area contributed by atoms with E-state index in [4.69, 9.17) is 0 Å². The van der Waals surface area contributed by atoms with Gasteiger partial charge in [-0.1, -0.05) is 0 Å². The summed E-state index contributed by atoms with van der Waals surface area (Å²) in [6.07, 6.45) is 3.18. The molecule has 7 nitrogen and oxygen atoms in total. The molecule has 3 aromatic rings. The highest BCUT2D eigenvalue weighted by atomic mass is 16.6. The first kappa shape index (κ1) is 11.3. The van der Waals surface area contributed by atoms with Gasteiger partial charge in [0.05, 0.1) is 21.5 Å². The molecule has 2 aromatic heterocycles. The van der Waals surface area contributed by atoms with Crippen molar-refractivity contribution in [3.05, 3.63) is 52.6 Å². The zero-order chi connectivity index (χ0) is 13.4. The molecule has 0 radical (unpaired) electrons. The molecule has 94 valence electrons. The molecule has 0 aliphatic rings. The van der Waals surface area contributed by atoms with Crippen LogP contribution in [0.15, 0.2) is 36.8 Å². The summed E-state index contributed by atoms with van der Waals surface area (Å²) in [4.78, 5) is 18.7. The summed E-state index contributed by atoms with van der Waals surface area (Å²) in [6, 6.07) is 6.33. The monoisotopic (exact) mass is 255 g/mol. The van der Waals surface area contributed by atoms with Crippen molar-refractivity contribution in [1.82, 2.24) is 19.7 Å². The standard InChI is InChI=1S/C12H9N5O2/c1-8-4-5-16(15-8)12-10-6-9(17(18)19)2-3-11(10)13-7-14-12/h2-7H,1H3. The number of aryl methyl sites for hydroxylation is 1. The molecule has 0 saturated carbocycles. The topological polar surface area (TPSA) is 86.7 Å². The molecule has 7 heteroatoms. The number of fused-ring (bicyclic) bond motifs is 1. The minimum Gasteiger partial charge on any atom is -0.258 e. The number of hydrogen-bond donors (Lipinski definition) is 0. The molecule has 1 aromatic carbocycles. The highest BCUT2D eigenvalue weighted by Gasteiger charge is 2.12. The second-order valence-corrected chi connectivity index (χ2v) is 4.06. The minimum absolute atomic E-state index is 0.00688. The number of nitrogens with zero attached hydrogens (tertiary/aromatic N) is 5. The molecule has 0 N–H and O–H groups in total. The molecular weight excluding hydrogens is 246 g/mol. The fraction of sp³-hybridized carbons (Fsp3) is 0.0833. The first-order chi connectivity index (χ1) is 9.15. The molecule has 3 rings (SSSR count). The Balaban J connectivity index is 2.29. The summed E-state index contributed by atoms with van der Waals surface area (Å²) in [5.74, 6) is 0.529. The number of rotatable bonds is 2. The third-order valence-corrected chi connectivity index (χ3v) is 2.75. The van der Waals surface area contributed by atoms with Crippen molar-refractivity contribution in [2.45, 2.75) is 6.92 Å². The van der Waals surface area contributed by atoms with Crippen molar-refractivity contribution in [3.8, 4) is 5.82 Å². The summed E-state index contributed by atoms with van der Waals surface area (Å²) in [6.45, 7) is 1.86. The van der Waals surface area contributed by atoms with Crippen LogP contribution < -0.4 is 0 Å². The zero-order valence-electron chi connectivity index (χ0n) is 10.0. The first-order valence-electron chi connectivity index (χ1n) is 5.57. The average molecular weight is 255 g/mol. The van der Waals surface area contributed by atoms with E-state index in [1.807, 2.05) is 13.0 Å². The molecule has 0 unspecified atom stereocenters. The SMILES string of the molecule is Cc1ccn(-c2ncnc3ccc([N+](=O)[O-])cc23)n1. The van der Waals surface area contributed by atoms with Crippen molar-refractivity contribution in [2.24, 2.45) is 0 Å². The van der Waals surface area contributed by atoms with Gasteiger partial charge in [-0.15, -0.1) is 0 Å². The van der Waals surface area contributed by atoms with Crippen LogP contribution in [0.2, 0.25) is 0 Å². The van der Waals surface area contributed by atoms with E-state index in [1.165, 1.54) is 18.5 Å². The van der Waals surface area contributed by atoms with E-state index in [0.29, 0.717) is 16.7 Å². The zero-order valence-corrected chi connectivity index (χ0v) is 10.0. The van der Waals surface area contributed by atoms with Crippen molar-refractivity contribution < 1.29 is 4.92 Å².